The monoisotopic (exact) mass is 539 g/mol. The van der Waals surface area contributed by atoms with Crippen molar-refractivity contribution in [2.24, 2.45) is 5.41 Å². The van der Waals surface area contributed by atoms with Crippen LogP contribution in [0.25, 0.3) is 16.7 Å². The Bertz CT molecular complexity index is 1500. The molecule has 9 nitrogen and oxygen atoms in total. The van der Waals surface area contributed by atoms with Crippen molar-refractivity contribution in [2.75, 3.05) is 43.9 Å². The number of nitrogens with one attached hydrogen (secondary N) is 1. The summed E-state index contributed by atoms with van der Waals surface area (Å²) in [6, 6.07) is 8.10. The highest BCUT2D eigenvalue weighted by atomic mass is 16.5. The van der Waals surface area contributed by atoms with Gasteiger partial charge in [0.1, 0.15) is 30.3 Å². The number of ether oxygens (including phenoxy) is 1. The summed E-state index contributed by atoms with van der Waals surface area (Å²) in [7, 11) is 2.06. The van der Waals surface area contributed by atoms with Gasteiger partial charge in [-0.15, -0.1) is 0 Å². The van der Waals surface area contributed by atoms with Crippen LogP contribution in [0.2, 0.25) is 0 Å². The van der Waals surface area contributed by atoms with Crippen molar-refractivity contribution in [1.82, 2.24) is 25.2 Å². The summed E-state index contributed by atoms with van der Waals surface area (Å²) in [5, 5.41) is 3.12. The molecule has 6 rings (SSSR count). The summed E-state index contributed by atoms with van der Waals surface area (Å²) in [5.41, 5.74) is 12.9. The number of carbonyl (C=O) groups is 1. The molecule has 0 radical (unpaired) electrons. The Kier molecular flexibility index (Phi) is 6.70. The molecular weight excluding hydrogens is 502 g/mol. The second-order valence-corrected chi connectivity index (χ2v) is 12.0. The van der Waals surface area contributed by atoms with E-state index in [1.54, 1.807) is 12.5 Å². The normalized spacial score (nSPS) is 20.1. The molecule has 2 aromatic heterocycles. The second kappa shape index (κ2) is 10.2. The van der Waals surface area contributed by atoms with E-state index >= 15 is 0 Å². The number of pyridine rings is 1. The topological polar surface area (TPSA) is 109 Å². The molecule has 0 spiro atoms. The molecule has 208 valence electrons. The zero-order chi connectivity index (χ0) is 28.0. The number of aromatic nitrogens is 3. The third-order valence-corrected chi connectivity index (χ3v) is 8.10. The number of anilines is 2. The van der Waals surface area contributed by atoms with Crippen LogP contribution in [-0.2, 0) is 13.0 Å². The summed E-state index contributed by atoms with van der Waals surface area (Å²) in [6.07, 6.45) is 7.52. The van der Waals surface area contributed by atoms with Crippen molar-refractivity contribution in [3.63, 3.8) is 0 Å². The molecule has 3 aliphatic rings. The lowest BCUT2D eigenvalue weighted by Gasteiger charge is -2.32. The molecule has 1 saturated heterocycles. The number of hydrogen-bond donors (Lipinski definition) is 2. The van der Waals surface area contributed by atoms with Crippen LogP contribution in [0.5, 0.6) is 5.75 Å². The van der Waals surface area contributed by atoms with E-state index in [9.17, 15) is 4.79 Å². The first kappa shape index (κ1) is 26.3. The molecule has 2 aliphatic heterocycles. The Morgan fingerprint density at radius 3 is 2.80 bits per heavy atom. The number of nitrogens with two attached hydrogens (primary N) is 1. The quantitative estimate of drug-likeness (QED) is 0.513. The minimum absolute atomic E-state index is 0.0454. The Balaban J connectivity index is 1.29. The molecule has 1 aromatic carbocycles. The van der Waals surface area contributed by atoms with Gasteiger partial charge in [-0.25, -0.2) is 15.0 Å². The molecule has 1 atom stereocenters. The minimum atomic E-state index is -0.183. The highest BCUT2D eigenvalue weighted by Crippen LogP contribution is 2.40. The highest BCUT2D eigenvalue weighted by Gasteiger charge is 2.30. The molecule has 1 unspecified atom stereocenters. The summed E-state index contributed by atoms with van der Waals surface area (Å²) in [6.45, 7) is 10.4. The maximum absolute atomic E-state index is 13.1. The molecule has 4 heterocycles. The molecule has 0 saturated carbocycles. The van der Waals surface area contributed by atoms with Crippen LogP contribution >= 0.6 is 0 Å². The van der Waals surface area contributed by atoms with Crippen LogP contribution in [0.1, 0.15) is 54.4 Å². The number of fused-ring (bicyclic) bond motifs is 2. The fraction of sp³-hybridized carbons (Fsp3) is 0.419. The Labute approximate surface area is 235 Å². The number of benzene rings is 1. The lowest BCUT2D eigenvalue weighted by Crippen LogP contribution is -2.36. The first-order valence-corrected chi connectivity index (χ1v) is 14.0. The number of hydrogen-bond acceptors (Lipinski definition) is 8. The van der Waals surface area contributed by atoms with Gasteiger partial charge < -0.3 is 25.6 Å². The van der Waals surface area contributed by atoms with E-state index < -0.39 is 0 Å². The van der Waals surface area contributed by atoms with Gasteiger partial charge >= 0.3 is 0 Å². The number of likely N-dealkylation sites (tertiary alicyclic amines) is 1. The van der Waals surface area contributed by atoms with Crippen LogP contribution in [0.4, 0.5) is 11.6 Å². The SMILES string of the molecule is CC1=CC(C)(C)Cc2c1ncnc2N1CCOc2ccc(-c3cnc(N)c(C(=O)NC4CCN(C)C4)c3)cc2C1. The lowest BCUT2D eigenvalue weighted by atomic mass is 9.78. The molecule has 3 aromatic rings. The molecule has 3 N–H and O–H groups in total. The van der Waals surface area contributed by atoms with Crippen molar-refractivity contribution in [1.29, 1.82) is 0 Å². The van der Waals surface area contributed by atoms with E-state index in [-0.39, 0.29) is 23.2 Å². The van der Waals surface area contributed by atoms with Crippen LogP contribution in [-0.4, -0.2) is 65.1 Å². The molecule has 1 amide bonds. The Hall–Kier alpha value is -3.98. The fourth-order valence-corrected chi connectivity index (χ4v) is 6.22. The number of allylic oxidation sites excluding steroid dienone is 2. The number of amides is 1. The minimum Gasteiger partial charge on any atom is -0.491 e. The van der Waals surface area contributed by atoms with E-state index in [0.717, 1.165) is 66.4 Å². The van der Waals surface area contributed by atoms with E-state index in [0.29, 0.717) is 18.7 Å². The number of nitrogens with zero attached hydrogens (tertiary/aromatic N) is 5. The maximum Gasteiger partial charge on any atom is 0.255 e. The van der Waals surface area contributed by atoms with Gasteiger partial charge in [0.05, 0.1) is 17.8 Å². The largest absolute Gasteiger partial charge is 0.491 e. The third-order valence-electron chi connectivity index (χ3n) is 8.10. The van der Waals surface area contributed by atoms with Crippen molar-refractivity contribution in [3.05, 3.63) is 65.2 Å². The maximum atomic E-state index is 13.1. The van der Waals surface area contributed by atoms with Gasteiger partial charge in [-0.2, -0.15) is 0 Å². The van der Waals surface area contributed by atoms with Gasteiger partial charge in [-0.1, -0.05) is 26.0 Å². The van der Waals surface area contributed by atoms with Gasteiger partial charge in [0.25, 0.3) is 5.91 Å². The summed E-state index contributed by atoms with van der Waals surface area (Å²) < 4.78 is 6.16. The molecule has 9 heteroatoms. The first-order valence-electron chi connectivity index (χ1n) is 14.0. The van der Waals surface area contributed by atoms with Gasteiger partial charge in [0.2, 0.25) is 0 Å². The van der Waals surface area contributed by atoms with Crippen molar-refractivity contribution in [2.45, 2.75) is 46.2 Å². The van der Waals surface area contributed by atoms with Crippen LogP contribution < -0.4 is 20.7 Å². The van der Waals surface area contributed by atoms with E-state index in [1.807, 2.05) is 18.2 Å². The first-order chi connectivity index (χ1) is 19.2. The van der Waals surface area contributed by atoms with Crippen LogP contribution in [0.15, 0.2) is 42.9 Å². The predicted octanol–water partition coefficient (Wildman–Crippen LogP) is 3.94. The zero-order valence-electron chi connectivity index (χ0n) is 23.7. The Morgan fingerprint density at radius 2 is 2.00 bits per heavy atom. The molecular formula is C31H37N7O2. The van der Waals surface area contributed by atoms with E-state index in [1.165, 1.54) is 11.1 Å². The summed E-state index contributed by atoms with van der Waals surface area (Å²) in [4.78, 5) is 31.3. The smallest absolute Gasteiger partial charge is 0.255 e. The fourth-order valence-electron chi connectivity index (χ4n) is 6.22. The summed E-state index contributed by atoms with van der Waals surface area (Å²) >= 11 is 0. The van der Waals surface area contributed by atoms with Crippen LogP contribution in [0, 0.1) is 5.41 Å². The lowest BCUT2D eigenvalue weighted by molar-refractivity contribution is 0.0939. The van der Waals surface area contributed by atoms with Crippen molar-refractivity contribution >= 4 is 23.1 Å². The van der Waals surface area contributed by atoms with Gasteiger partial charge in [-0.3, -0.25) is 4.79 Å². The number of likely N-dealkylation sites (N-methyl/N-ethyl adjacent to an activating group) is 1. The number of rotatable bonds is 4. The number of carbonyl (C=O) groups excluding carboxylic acids is 1. The standard InChI is InChI=1S/C31H37N7O2/c1-19-13-31(2,3)14-25-27(19)34-18-35-29(25)38-9-10-40-26-6-5-20(11-22(26)16-38)21-12-24(28(32)33-15-21)30(39)36-23-7-8-37(4)17-23/h5-6,11-13,15,18,23H,7-10,14,16-17H2,1-4H3,(H2,32,33)(H,36,39). The van der Waals surface area contributed by atoms with Gasteiger partial charge in [0, 0.05) is 42.0 Å². The van der Waals surface area contributed by atoms with E-state index in [4.69, 9.17) is 15.5 Å². The molecule has 1 aliphatic carbocycles. The predicted molar refractivity (Wildman–Crippen MR) is 157 cm³/mol. The average Bonchev–Trinajstić information content (AvgIpc) is 3.20. The van der Waals surface area contributed by atoms with Crippen LogP contribution in [0.3, 0.4) is 0 Å². The summed E-state index contributed by atoms with van der Waals surface area (Å²) in [5.74, 6) is 1.88. The Morgan fingerprint density at radius 1 is 1.15 bits per heavy atom. The highest BCUT2D eigenvalue weighted by molar-refractivity contribution is 5.99. The third kappa shape index (κ3) is 5.13. The van der Waals surface area contributed by atoms with Crippen molar-refractivity contribution in [3.8, 4) is 16.9 Å². The molecule has 0 bridgehead atoms. The molecule has 40 heavy (non-hydrogen) atoms. The molecule has 1 fully saturated rings. The van der Waals surface area contributed by atoms with E-state index in [2.05, 4.69) is 65.0 Å². The average molecular weight is 540 g/mol. The number of nitrogen functional groups attached to an aromatic ring is 1. The van der Waals surface area contributed by atoms with Gasteiger partial charge in [-0.05, 0) is 68.1 Å². The van der Waals surface area contributed by atoms with Crippen molar-refractivity contribution < 1.29 is 9.53 Å². The second-order valence-electron chi connectivity index (χ2n) is 12.0. The zero-order valence-corrected chi connectivity index (χ0v) is 23.7. The van der Waals surface area contributed by atoms with Gasteiger partial charge in [0.15, 0.2) is 0 Å².